The Morgan fingerprint density at radius 3 is 2.84 bits per heavy atom. The van der Waals surface area contributed by atoms with Crippen LogP contribution in [0.25, 0.3) is 0 Å². The first-order valence-corrected chi connectivity index (χ1v) is 7.14. The summed E-state index contributed by atoms with van der Waals surface area (Å²) in [6.45, 7) is 6.09. The number of hydrogen-bond acceptors (Lipinski definition) is 3. The van der Waals surface area contributed by atoms with Crippen LogP contribution in [-0.4, -0.2) is 23.2 Å². The Balaban J connectivity index is 1.80. The number of aliphatic hydroxyl groups excluding tert-OH is 1. The number of aliphatic hydroxyl groups is 1. The number of nitrogens with zero attached hydrogens (tertiary/aromatic N) is 1. The quantitative estimate of drug-likeness (QED) is 0.800. The Labute approximate surface area is 115 Å². The van der Waals surface area contributed by atoms with E-state index in [9.17, 15) is 5.11 Å². The van der Waals surface area contributed by atoms with Gasteiger partial charge in [-0.3, -0.25) is 4.98 Å². The second-order valence-corrected chi connectivity index (χ2v) is 5.56. The zero-order valence-corrected chi connectivity index (χ0v) is 11.8. The van der Waals surface area contributed by atoms with E-state index in [1.165, 1.54) is 18.4 Å². The summed E-state index contributed by atoms with van der Waals surface area (Å²) < 4.78 is 0. The van der Waals surface area contributed by atoms with Crippen molar-refractivity contribution in [2.45, 2.75) is 32.8 Å². The molecule has 3 atom stereocenters. The van der Waals surface area contributed by atoms with E-state index in [1.807, 2.05) is 12.1 Å². The van der Waals surface area contributed by atoms with Gasteiger partial charge in [0.25, 0.3) is 0 Å². The maximum absolute atomic E-state index is 10.1. The number of aromatic nitrogens is 1. The fraction of sp³-hybridized carbons (Fsp3) is 0.562. The van der Waals surface area contributed by atoms with Gasteiger partial charge in [0.05, 0.1) is 6.10 Å². The summed E-state index contributed by atoms with van der Waals surface area (Å²) in [6, 6.07) is 3.72. The first kappa shape index (κ1) is 14.2. The van der Waals surface area contributed by atoms with Crippen molar-refractivity contribution in [3.63, 3.8) is 0 Å². The highest BCUT2D eigenvalue weighted by Crippen LogP contribution is 2.29. The van der Waals surface area contributed by atoms with Gasteiger partial charge in [-0.05, 0) is 49.3 Å². The third-order valence-corrected chi connectivity index (χ3v) is 4.15. The Morgan fingerprint density at radius 1 is 1.42 bits per heavy atom. The summed E-state index contributed by atoms with van der Waals surface area (Å²) in [6.07, 6.45) is 7.82. The van der Waals surface area contributed by atoms with Crippen molar-refractivity contribution in [3.05, 3.63) is 41.7 Å². The largest absolute Gasteiger partial charge is 0.387 e. The normalized spacial score (nSPS) is 24.9. The van der Waals surface area contributed by atoms with Crippen molar-refractivity contribution < 1.29 is 5.11 Å². The number of pyridine rings is 1. The zero-order chi connectivity index (χ0) is 13.7. The van der Waals surface area contributed by atoms with Crippen molar-refractivity contribution in [2.75, 3.05) is 13.1 Å². The van der Waals surface area contributed by atoms with Gasteiger partial charge in [-0.15, -0.1) is 0 Å². The second-order valence-electron chi connectivity index (χ2n) is 5.56. The minimum absolute atomic E-state index is 0.453. The zero-order valence-electron chi connectivity index (χ0n) is 11.8. The van der Waals surface area contributed by atoms with E-state index in [-0.39, 0.29) is 0 Å². The average molecular weight is 260 g/mol. The van der Waals surface area contributed by atoms with Gasteiger partial charge in [0.15, 0.2) is 0 Å². The summed E-state index contributed by atoms with van der Waals surface area (Å²) in [5, 5.41) is 13.5. The van der Waals surface area contributed by atoms with E-state index in [4.69, 9.17) is 0 Å². The summed E-state index contributed by atoms with van der Waals surface area (Å²) >= 11 is 0. The van der Waals surface area contributed by atoms with Crippen LogP contribution in [0.5, 0.6) is 0 Å². The van der Waals surface area contributed by atoms with Gasteiger partial charge in [-0.25, -0.2) is 0 Å². The molecule has 2 rings (SSSR count). The van der Waals surface area contributed by atoms with Gasteiger partial charge in [-0.2, -0.15) is 0 Å². The van der Waals surface area contributed by atoms with Crippen LogP contribution < -0.4 is 5.32 Å². The van der Waals surface area contributed by atoms with Crippen LogP contribution in [0, 0.1) is 11.8 Å². The van der Waals surface area contributed by atoms with E-state index in [2.05, 4.69) is 30.2 Å². The molecule has 19 heavy (non-hydrogen) atoms. The van der Waals surface area contributed by atoms with Crippen molar-refractivity contribution >= 4 is 0 Å². The fourth-order valence-electron chi connectivity index (χ4n) is 2.82. The van der Waals surface area contributed by atoms with Crippen molar-refractivity contribution in [2.24, 2.45) is 11.8 Å². The predicted octanol–water partition coefficient (Wildman–Crippen LogP) is 2.70. The van der Waals surface area contributed by atoms with Gasteiger partial charge >= 0.3 is 0 Å². The number of hydrogen-bond donors (Lipinski definition) is 2. The second kappa shape index (κ2) is 6.83. The molecule has 1 aromatic rings. The van der Waals surface area contributed by atoms with Gasteiger partial charge in [0.1, 0.15) is 0 Å². The lowest BCUT2D eigenvalue weighted by atomic mass is 9.80. The smallest absolute Gasteiger partial charge is 0.0915 e. The molecule has 104 valence electrons. The van der Waals surface area contributed by atoms with Gasteiger partial charge in [0.2, 0.25) is 0 Å². The fourth-order valence-corrected chi connectivity index (χ4v) is 2.82. The van der Waals surface area contributed by atoms with Crippen LogP contribution in [0.4, 0.5) is 0 Å². The Morgan fingerprint density at radius 2 is 2.16 bits per heavy atom. The third-order valence-electron chi connectivity index (χ3n) is 4.15. The molecular formula is C16H24N2O. The molecule has 1 aliphatic carbocycles. The summed E-state index contributed by atoms with van der Waals surface area (Å²) in [7, 11) is 0. The van der Waals surface area contributed by atoms with Crippen LogP contribution in [0.2, 0.25) is 0 Å². The molecule has 0 aromatic carbocycles. The lowest BCUT2D eigenvalue weighted by molar-refractivity contribution is 0.171. The topological polar surface area (TPSA) is 45.1 Å². The summed E-state index contributed by atoms with van der Waals surface area (Å²) in [5.74, 6) is 1.34. The first-order valence-electron chi connectivity index (χ1n) is 7.14. The number of nitrogens with one attached hydrogen (secondary N) is 1. The number of allylic oxidation sites excluding steroid dienone is 1. The van der Waals surface area contributed by atoms with Crippen LogP contribution in [0.15, 0.2) is 36.2 Å². The average Bonchev–Trinajstić information content (AvgIpc) is 2.43. The molecule has 0 saturated carbocycles. The molecule has 2 N–H and O–H groups in total. The molecular weight excluding hydrogens is 236 g/mol. The van der Waals surface area contributed by atoms with Crippen molar-refractivity contribution in [1.29, 1.82) is 0 Å². The lowest BCUT2D eigenvalue weighted by Crippen LogP contribution is -2.32. The highest BCUT2D eigenvalue weighted by atomic mass is 16.3. The molecule has 0 amide bonds. The van der Waals surface area contributed by atoms with E-state index in [0.717, 1.165) is 18.0 Å². The Bertz CT molecular complexity index is 416. The Kier molecular flexibility index (Phi) is 5.11. The minimum Gasteiger partial charge on any atom is -0.387 e. The van der Waals surface area contributed by atoms with Crippen molar-refractivity contribution in [1.82, 2.24) is 10.3 Å². The van der Waals surface area contributed by atoms with E-state index >= 15 is 0 Å². The standard InChI is InChI=1S/C16H24N2O/c1-12-4-3-5-13(2)15(12)10-18-11-16(19)14-6-8-17-9-7-14/h4,6-9,13,15-16,18-19H,3,5,10-11H2,1-2H3/t13-,15+,16+/m0/s1. The molecule has 0 radical (unpaired) electrons. The van der Waals surface area contributed by atoms with Crippen molar-refractivity contribution in [3.8, 4) is 0 Å². The SMILES string of the molecule is CC1=CCC[C@H](C)[C@@H]1CNC[C@@H](O)c1ccncc1. The highest BCUT2D eigenvalue weighted by Gasteiger charge is 2.21. The summed E-state index contributed by atoms with van der Waals surface area (Å²) in [5.41, 5.74) is 2.41. The molecule has 0 fully saturated rings. The molecule has 1 heterocycles. The highest BCUT2D eigenvalue weighted by molar-refractivity contribution is 5.13. The van der Waals surface area contributed by atoms with Crippen LogP contribution >= 0.6 is 0 Å². The molecule has 3 heteroatoms. The molecule has 0 saturated heterocycles. The summed E-state index contributed by atoms with van der Waals surface area (Å²) in [4.78, 5) is 3.96. The molecule has 3 nitrogen and oxygen atoms in total. The predicted molar refractivity (Wildman–Crippen MR) is 77.7 cm³/mol. The maximum Gasteiger partial charge on any atom is 0.0915 e. The molecule has 0 aliphatic heterocycles. The minimum atomic E-state index is -0.453. The van der Waals surface area contributed by atoms with Crippen LogP contribution in [0.1, 0.15) is 38.4 Å². The van der Waals surface area contributed by atoms with Gasteiger partial charge in [-0.1, -0.05) is 18.6 Å². The Hall–Kier alpha value is -1.19. The van der Waals surface area contributed by atoms with Crippen LogP contribution in [-0.2, 0) is 0 Å². The van der Waals surface area contributed by atoms with E-state index in [1.54, 1.807) is 12.4 Å². The molecule has 0 bridgehead atoms. The molecule has 1 aromatic heterocycles. The monoisotopic (exact) mass is 260 g/mol. The molecule has 1 aliphatic rings. The number of rotatable bonds is 5. The van der Waals surface area contributed by atoms with E-state index < -0.39 is 6.10 Å². The third kappa shape index (κ3) is 3.88. The van der Waals surface area contributed by atoms with E-state index in [0.29, 0.717) is 12.5 Å². The first-order chi connectivity index (χ1) is 9.18. The molecule has 0 spiro atoms. The maximum atomic E-state index is 10.1. The van der Waals surface area contributed by atoms with Gasteiger partial charge in [0, 0.05) is 25.5 Å². The van der Waals surface area contributed by atoms with Crippen LogP contribution in [0.3, 0.4) is 0 Å². The van der Waals surface area contributed by atoms with Gasteiger partial charge < -0.3 is 10.4 Å². The lowest BCUT2D eigenvalue weighted by Gasteiger charge is -2.29. The molecule has 0 unspecified atom stereocenters.